The van der Waals surface area contributed by atoms with Crippen molar-refractivity contribution in [3.8, 4) is 0 Å². The van der Waals surface area contributed by atoms with Crippen LogP contribution in [0.3, 0.4) is 0 Å². The quantitative estimate of drug-likeness (QED) is 0.173. The van der Waals surface area contributed by atoms with E-state index in [1.54, 1.807) is 31.2 Å². The number of unbranched alkanes of at least 4 members (excludes halogenated alkanes) is 2. The van der Waals surface area contributed by atoms with Crippen LogP contribution in [0.25, 0.3) is 0 Å². The third kappa shape index (κ3) is 8.47. The van der Waals surface area contributed by atoms with Gasteiger partial charge in [-0.1, -0.05) is 44.0 Å². The summed E-state index contributed by atoms with van der Waals surface area (Å²) in [5.74, 6) is -2.43. The molecule has 0 spiro atoms. The van der Waals surface area contributed by atoms with Crippen molar-refractivity contribution in [3.63, 3.8) is 0 Å². The number of aliphatic carboxylic acids is 1. The number of esters is 2. The van der Waals surface area contributed by atoms with Crippen LogP contribution in [-0.4, -0.2) is 27.9 Å². The first-order valence-electron chi connectivity index (χ1n) is 9.22. The minimum Gasteiger partial charge on any atom is -0.478 e. The number of nitrogens with zero attached hydrogens (tertiary/aromatic N) is 1. The van der Waals surface area contributed by atoms with Crippen LogP contribution >= 0.6 is 0 Å². The Morgan fingerprint density at radius 3 is 2.00 bits per heavy atom. The van der Waals surface area contributed by atoms with E-state index < -0.39 is 22.8 Å². The highest BCUT2D eigenvalue weighted by Crippen LogP contribution is 2.13. The number of ether oxygens (including phenoxy) is 1. The summed E-state index contributed by atoms with van der Waals surface area (Å²) < 4.78 is 4.68. The molecule has 2 rings (SSSR count). The van der Waals surface area contributed by atoms with Crippen molar-refractivity contribution < 1.29 is 29.2 Å². The Hall–Kier alpha value is -3.81. The summed E-state index contributed by atoms with van der Waals surface area (Å²) in [5, 5.41) is 18.9. The highest BCUT2D eigenvalue weighted by molar-refractivity contribution is 6.02. The van der Waals surface area contributed by atoms with Gasteiger partial charge in [-0.15, -0.1) is 0 Å². The molecule has 158 valence electrons. The average Bonchev–Trinajstić information content (AvgIpc) is 2.74. The number of nitro benzene ring substituents is 1. The number of rotatable bonds is 7. The first-order valence-corrected chi connectivity index (χ1v) is 9.22. The number of non-ortho nitro benzene ring substituents is 1. The molecule has 0 bridgehead atoms. The zero-order chi connectivity index (χ0) is 22.5. The molecule has 0 aliphatic heterocycles. The highest BCUT2D eigenvalue weighted by Gasteiger charge is 2.15. The predicted octanol–water partition coefficient (Wildman–Crippen LogP) is 4.80. The summed E-state index contributed by atoms with van der Waals surface area (Å²) in [7, 11) is 0. The lowest BCUT2D eigenvalue weighted by Crippen LogP contribution is -2.12. The molecule has 0 saturated heterocycles. The van der Waals surface area contributed by atoms with E-state index in [-0.39, 0.29) is 16.8 Å². The zero-order valence-corrected chi connectivity index (χ0v) is 16.7. The van der Waals surface area contributed by atoms with Gasteiger partial charge in [0.1, 0.15) is 0 Å². The monoisotopic (exact) mass is 413 g/mol. The van der Waals surface area contributed by atoms with E-state index in [9.17, 15) is 24.5 Å². The fraction of sp³-hybridized carbons (Fsp3) is 0.227. The van der Waals surface area contributed by atoms with E-state index >= 15 is 0 Å². The van der Waals surface area contributed by atoms with Crippen molar-refractivity contribution >= 4 is 23.6 Å². The lowest BCUT2D eigenvalue weighted by Gasteiger charge is -2.02. The molecule has 0 fully saturated rings. The van der Waals surface area contributed by atoms with Gasteiger partial charge in [0.2, 0.25) is 0 Å². The molecule has 1 N–H and O–H groups in total. The van der Waals surface area contributed by atoms with Crippen LogP contribution in [0.2, 0.25) is 0 Å². The molecular weight excluding hydrogens is 390 g/mol. The Labute approximate surface area is 173 Å². The molecule has 2 aromatic carbocycles. The second-order valence-corrected chi connectivity index (χ2v) is 6.18. The number of carbonyl (C=O) groups is 3. The molecule has 0 amide bonds. The summed E-state index contributed by atoms with van der Waals surface area (Å²) in [6, 6.07) is 12.9. The van der Waals surface area contributed by atoms with Gasteiger partial charge >= 0.3 is 17.9 Å². The van der Waals surface area contributed by atoms with Crippen LogP contribution < -0.4 is 0 Å². The minimum absolute atomic E-state index is 0.0693. The largest absolute Gasteiger partial charge is 0.478 e. The normalized spacial score (nSPS) is 10.4. The first kappa shape index (κ1) is 24.2. The average molecular weight is 413 g/mol. The molecule has 8 heteroatoms. The fourth-order valence-electron chi connectivity index (χ4n) is 2.11. The lowest BCUT2D eigenvalue weighted by atomic mass is 10.2. The molecule has 8 nitrogen and oxygen atoms in total. The Morgan fingerprint density at radius 1 is 1.00 bits per heavy atom. The smallest absolute Gasteiger partial charge is 0.346 e. The maximum absolute atomic E-state index is 11.7. The molecular formula is C22H23NO7. The SMILES string of the molecule is CCCCC=C(C)C(=O)O.O=C(OC(=O)c1ccc([N+](=O)[O-])cc1)c1ccccc1. The number of carbonyl (C=O) groups excluding carboxylic acids is 2. The van der Waals surface area contributed by atoms with Gasteiger partial charge < -0.3 is 9.84 Å². The van der Waals surface area contributed by atoms with Crippen LogP contribution in [0.15, 0.2) is 66.2 Å². The molecule has 0 unspecified atom stereocenters. The highest BCUT2D eigenvalue weighted by atomic mass is 16.6. The lowest BCUT2D eigenvalue weighted by molar-refractivity contribution is -0.384. The van der Waals surface area contributed by atoms with E-state index in [1.165, 1.54) is 36.4 Å². The zero-order valence-electron chi connectivity index (χ0n) is 16.7. The van der Waals surface area contributed by atoms with Gasteiger partial charge in [-0.2, -0.15) is 0 Å². The van der Waals surface area contributed by atoms with Crippen molar-refractivity contribution in [1.29, 1.82) is 0 Å². The van der Waals surface area contributed by atoms with Gasteiger partial charge in [0.15, 0.2) is 0 Å². The van der Waals surface area contributed by atoms with E-state index in [1.807, 2.05) is 0 Å². The van der Waals surface area contributed by atoms with Crippen LogP contribution in [0, 0.1) is 10.1 Å². The first-order chi connectivity index (χ1) is 14.3. The van der Waals surface area contributed by atoms with Crippen molar-refractivity contribution in [2.45, 2.75) is 33.1 Å². The Balaban J connectivity index is 0.000000382. The third-order valence-corrected chi connectivity index (χ3v) is 3.85. The van der Waals surface area contributed by atoms with Crippen molar-refractivity contribution in [1.82, 2.24) is 0 Å². The minimum atomic E-state index is -0.853. The molecule has 30 heavy (non-hydrogen) atoms. The van der Waals surface area contributed by atoms with Gasteiger partial charge in [-0.3, -0.25) is 10.1 Å². The van der Waals surface area contributed by atoms with Gasteiger partial charge in [0.25, 0.3) is 5.69 Å². The Bertz CT molecular complexity index is 903. The molecule has 0 aliphatic rings. The summed E-state index contributed by atoms with van der Waals surface area (Å²) in [5.41, 5.74) is 0.632. The van der Waals surface area contributed by atoms with Gasteiger partial charge in [0, 0.05) is 17.7 Å². The standard InChI is InChI=1S/C14H9NO5.C8H14O2/c16-13(10-4-2-1-3-5-10)20-14(17)11-6-8-12(9-7-11)15(18)19;1-3-4-5-6-7(2)8(9)10/h1-9H;6H,3-5H2,1-2H3,(H,9,10). The molecule has 0 heterocycles. The number of hydrogen-bond donors (Lipinski definition) is 1. The van der Waals surface area contributed by atoms with Gasteiger partial charge in [0.05, 0.1) is 16.1 Å². The molecule has 0 atom stereocenters. The maximum Gasteiger partial charge on any atom is 0.346 e. The number of allylic oxidation sites excluding steroid dienone is 1. The van der Waals surface area contributed by atoms with Crippen LogP contribution in [0.1, 0.15) is 53.8 Å². The Morgan fingerprint density at radius 2 is 1.53 bits per heavy atom. The summed E-state index contributed by atoms with van der Waals surface area (Å²) in [6.45, 7) is 3.71. The second kappa shape index (κ2) is 12.6. The number of nitro groups is 1. The number of carboxylic acid groups (broad SMARTS) is 1. The molecule has 0 radical (unpaired) electrons. The third-order valence-electron chi connectivity index (χ3n) is 3.85. The van der Waals surface area contributed by atoms with E-state index in [0.29, 0.717) is 5.57 Å². The number of benzene rings is 2. The maximum atomic E-state index is 11.7. The van der Waals surface area contributed by atoms with E-state index in [4.69, 9.17) is 5.11 Å². The molecule has 0 aromatic heterocycles. The summed E-state index contributed by atoms with van der Waals surface area (Å²) in [4.78, 5) is 43.5. The Kier molecular flexibility index (Phi) is 10.2. The van der Waals surface area contributed by atoms with E-state index in [0.717, 1.165) is 19.3 Å². The number of hydrogen-bond acceptors (Lipinski definition) is 6. The van der Waals surface area contributed by atoms with Crippen LogP contribution in [0.4, 0.5) is 5.69 Å². The summed E-state index contributed by atoms with van der Waals surface area (Å²) >= 11 is 0. The van der Waals surface area contributed by atoms with Gasteiger partial charge in [-0.25, -0.2) is 14.4 Å². The second-order valence-electron chi connectivity index (χ2n) is 6.18. The summed E-state index contributed by atoms with van der Waals surface area (Å²) in [6.07, 6.45) is 4.84. The molecule has 2 aromatic rings. The van der Waals surface area contributed by atoms with Crippen LogP contribution in [0.5, 0.6) is 0 Å². The van der Waals surface area contributed by atoms with Gasteiger partial charge in [-0.05, 0) is 37.6 Å². The number of carboxylic acids is 1. The predicted molar refractivity (Wildman–Crippen MR) is 110 cm³/mol. The molecule has 0 aliphatic carbocycles. The molecule has 0 saturated carbocycles. The van der Waals surface area contributed by atoms with Crippen molar-refractivity contribution in [3.05, 3.63) is 87.5 Å². The van der Waals surface area contributed by atoms with Crippen molar-refractivity contribution in [2.24, 2.45) is 0 Å². The van der Waals surface area contributed by atoms with Crippen molar-refractivity contribution in [2.75, 3.05) is 0 Å². The fourth-order valence-corrected chi connectivity index (χ4v) is 2.11. The van der Waals surface area contributed by atoms with Crippen LogP contribution in [-0.2, 0) is 9.53 Å². The van der Waals surface area contributed by atoms with E-state index in [2.05, 4.69) is 11.7 Å². The topological polar surface area (TPSA) is 124 Å².